The second kappa shape index (κ2) is 22.1. The van der Waals surface area contributed by atoms with Crippen LogP contribution in [0.4, 0.5) is 11.4 Å². The molecular weight excluding hydrogens is 1010 g/mol. The number of anilines is 2. The first-order valence-corrected chi connectivity index (χ1v) is 36.4. The maximum atomic E-state index is 15.5. The van der Waals surface area contributed by atoms with Crippen LogP contribution >= 0.6 is 0 Å². The quantitative estimate of drug-likeness (QED) is 0.0695. The fourth-order valence-corrected chi connectivity index (χ4v) is 12.8. The van der Waals surface area contributed by atoms with Crippen molar-refractivity contribution < 1.29 is 19.2 Å². The largest absolute Gasteiger partial charge is 0.268 e. The summed E-state index contributed by atoms with van der Waals surface area (Å²) in [7, 11) is -3.27. The van der Waals surface area contributed by atoms with Crippen LogP contribution in [-0.2, 0) is 0 Å². The summed E-state index contributed by atoms with van der Waals surface area (Å²) in [5.41, 5.74) is 24.5. The number of hydrogen-bond acceptors (Lipinski definition) is 4. The Morgan fingerprint density at radius 3 is 0.725 bits per heavy atom. The van der Waals surface area contributed by atoms with Crippen molar-refractivity contribution >= 4 is 61.9 Å². The minimum Gasteiger partial charge on any atom is -0.268 e. The number of carbonyl (C=O) groups excluding carboxylic acids is 4. The average molecular weight is 1100 g/mol. The Labute approximate surface area is 481 Å². The third-order valence-corrected chi connectivity index (χ3v) is 17.5. The third kappa shape index (κ3) is 11.0. The van der Waals surface area contributed by atoms with E-state index >= 15 is 19.2 Å². The van der Waals surface area contributed by atoms with Gasteiger partial charge in [0.2, 0.25) is 0 Å². The van der Waals surface area contributed by atoms with Gasteiger partial charge in [-0.05, 0) is 187 Å². The molecule has 0 radical (unpaired) electrons. The Kier molecular flexibility index (Phi) is 16.4. The molecule has 416 valence electrons. The molecule has 0 atom stereocenters. The zero-order chi connectivity index (χ0) is 59.1. The molecule has 4 amide bonds. The number of hydrogen-bond donors (Lipinski definition) is 0. The number of nitrogens with zero attached hydrogens (tertiary/aromatic N) is 2. The van der Waals surface area contributed by atoms with Gasteiger partial charge < -0.3 is 0 Å². The maximum Gasteiger partial charge on any atom is 0.266 e. The van der Waals surface area contributed by atoms with Crippen LogP contribution in [0.5, 0.6) is 0 Å². The van der Waals surface area contributed by atoms with Crippen LogP contribution < -0.4 is 9.80 Å². The topological polar surface area (TPSA) is 74.8 Å². The van der Waals surface area contributed by atoms with Crippen LogP contribution in [0.3, 0.4) is 0 Å². The first kappa shape index (κ1) is 59.5. The van der Waals surface area contributed by atoms with Crippen LogP contribution in [0.1, 0.15) is 255 Å². The molecule has 0 bridgehead atoms. The molecule has 0 saturated carbocycles. The molecule has 0 aromatic heterocycles. The van der Waals surface area contributed by atoms with Gasteiger partial charge >= 0.3 is 0 Å². The van der Waals surface area contributed by atoms with Crippen molar-refractivity contribution in [3.63, 3.8) is 0 Å². The van der Waals surface area contributed by atoms with Crippen molar-refractivity contribution in [1.82, 2.24) is 0 Å². The van der Waals surface area contributed by atoms with Gasteiger partial charge in [0.15, 0.2) is 0 Å². The summed E-state index contributed by atoms with van der Waals surface area (Å²) >= 11 is 0. The van der Waals surface area contributed by atoms with E-state index in [4.69, 9.17) is 0 Å². The molecule has 6 nitrogen and oxygen atoms in total. The molecule has 0 fully saturated rings. The van der Waals surface area contributed by atoms with Crippen molar-refractivity contribution in [2.24, 2.45) is 0 Å². The number of imide groups is 2. The molecule has 6 aromatic carbocycles. The number of carbonyl (C=O) groups is 4. The lowest BCUT2D eigenvalue weighted by atomic mass is 9.79. The van der Waals surface area contributed by atoms with Gasteiger partial charge in [-0.15, -0.1) is 11.1 Å². The van der Waals surface area contributed by atoms with Crippen molar-refractivity contribution in [3.05, 3.63) is 151 Å². The van der Waals surface area contributed by atoms with Crippen LogP contribution in [0.15, 0.2) is 72.8 Å². The van der Waals surface area contributed by atoms with Gasteiger partial charge in [-0.2, -0.15) is 0 Å². The van der Waals surface area contributed by atoms with E-state index in [-0.39, 0.29) is 69.6 Å². The number of benzene rings is 6. The lowest BCUT2D eigenvalue weighted by Crippen LogP contribution is -2.44. The van der Waals surface area contributed by atoms with E-state index in [2.05, 4.69) is 222 Å². The molecular formula is C72H86N2O4Si2. The zero-order valence-electron chi connectivity index (χ0n) is 52.1. The van der Waals surface area contributed by atoms with Crippen LogP contribution in [0.25, 0.3) is 33.0 Å². The van der Waals surface area contributed by atoms with Crippen LogP contribution in [-0.4, -0.2) is 39.8 Å². The van der Waals surface area contributed by atoms with E-state index in [1.165, 1.54) is 43.2 Å². The smallest absolute Gasteiger partial charge is 0.266 e. The van der Waals surface area contributed by atoms with Gasteiger partial charge in [-0.25, -0.2) is 9.80 Å². The molecule has 6 aromatic rings. The summed E-state index contributed by atoms with van der Waals surface area (Å²) in [6, 6.07) is 24.6. The molecule has 0 unspecified atom stereocenters. The van der Waals surface area contributed by atoms with Crippen molar-refractivity contribution in [1.29, 1.82) is 0 Å². The van der Waals surface area contributed by atoms with Crippen LogP contribution in [0, 0.1) is 22.9 Å². The first-order chi connectivity index (χ1) is 37.2. The summed E-state index contributed by atoms with van der Waals surface area (Å²) in [6.45, 7) is 48.4. The van der Waals surface area contributed by atoms with Gasteiger partial charge in [-0.1, -0.05) is 162 Å². The molecule has 0 spiro atoms. The maximum absolute atomic E-state index is 15.5. The lowest BCUT2D eigenvalue weighted by molar-refractivity contribution is 0.0872. The molecule has 8 heteroatoms. The second-order valence-electron chi connectivity index (χ2n) is 27.3. The Morgan fingerprint density at radius 2 is 0.537 bits per heavy atom. The van der Waals surface area contributed by atoms with Crippen molar-refractivity contribution in [2.45, 2.75) is 197 Å². The third-order valence-electron chi connectivity index (χ3n) is 15.8. The van der Waals surface area contributed by atoms with Crippen LogP contribution in [0.2, 0.25) is 39.3 Å². The predicted molar refractivity (Wildman–Crippen MR) is 343 cm³/mol. The standard InChI is InChI=1S/C72H86N2O4Si2/c1-39(2)55-31-47(27-29-79(17,18)19)32-56(40(3)4)63(55)49-35-59(43(9)10)67(60(36-49)44(11)12)73-69(75)51-23-25-53-66-54(26-24-52(65(51)66)70(73)76)72(78)74(71(53)77)68-61(45(13)14)37-50(38-62(68)46(15)16)64-57(41(5)6)33-48(28-30-80(20,21)22)34-58(64)42(7)8/h23-26,31-46H,1-22H3. The second-order valence-corrected chi connectivity index (χ2v) is 36.8. The summed E-state index contributed by atoms with van der Waals surface area (Å²) < 4.78 is 0. The molecule has 80 heavy (non-hydrogen) atoms. The van der Waals surface area contributed by atoms with Gasteiger partial charge in [0.1, 0.15) is 16.1 Å². The summed E-state index contributed by atoms with van der Waals surface area (Å²) in [5.74, 6) is 5.74. The molecule has 2 aliphatic heterocycles. The molecule has 0 N–H and O–H groups in total. The monoisotopic (exact) mass is 1100 g/mol. The van der Waals surface area contributed by atoms with Gasteiger partial charge in [0.25, 0.3) is 23.6 Å². The highest BCUT2D eigenvalue weighted by molar-refractivity contribution is 6.84. The average Bonchev–Trinajstić information content (AvgIpc) is 3.17. The number of rotatable bonds is 12. The number of amides is 4. The summed E-state index contributed by atoms with van der Waals surface area (Å²) in [5, 5.41) is 0.705. The highest BCUT2D eigenvalue weighted by Crippen LogP contribution is 2.50. The van der Waals surface area contributed by atoms with E-state index in [0.717, 1.165) is 44.5 Å². The summed E-state index contributed by atoms with van der Waals surface area (Å²) in [4.78, 5) is 64.7. The van der Waals surface area contributed by atoms with E-state index in [0.29, 0.717) is 22.1 Å². The van der Waals surface area contributed by atoms with E-state index in [1.807, 2.05) is 0 Å². The SMILES string of the molecule is CC(C)c1cc(C#C[Si](C)(C)C)cc(C(C)C)c1-c1cc(C(C)C)c(N2C(=O)c3ccc4c5c(ccc(c35)C2=O)C(=O)N(c2c(C(C)C)cc(-c3c(C(C)C)cc(C#C[Si](C)(C)C)cc3C(C)C)cc2C(C)C)C4=O)c(C(C)C)c1. The fourth-order valence-electron chi connectivity index (χ4n) is 11.7. The molecule has 8 rings (SSSR count). The summed E-state index contributed by atoms with van der Waals surface area (Å²) in [6.07, 6.45) is 0. The van der Waals surface area contributed by atoms with E-state index in [1.54, 1.807) is 24.3 Å². The Balaban J connectivity index is 1.28. The van der Waals surface area contributed by atoms with Crippen molar-refractivity contribution in [2.75, 3.05) is 9.80 Å². The highest BCUT2D eigenvalue weighted by atomic mass is 28.3. The van der Waals surface area contributed by atoms with Gasteiger partial charge in [0.05, 0.1) is 11.4 Å². The van der Waals surface area contributed by atoms with E-state index < -0.39 is 39.8 Å². The lowest BCUT2D eigenvalue weighted by Gasteiger charge is -2.36. The Morgan fingerprint density at radius 1 is 0.325 bits per heavy atom. The normalized spacial score (nSPS) is 13.9. The van der Waals surface area contributed by atoms with Gasteiger partial charge in [-0.3, -0.25) is 19.2 Å². The van der Waals surface area contributed by atoms with E-state index in [9.17, 15) is 0 Å². The minimum atomic E-state index is -1.64. The Bertz CT molecular complexity index is 3270. The molecule has 0 saturated heterocycles. The van der Waals surface area contributed by atoms with Gasteiger partial charge in [0, 0.05) is 44.2 Å². The minimum absolute atomic E-state index is 0.0667. The fraction of sp³-hybridized carbons (Fsp3) is 0.417. The molecule has 2 heterocycles. The molecule has 0 aliphatic carbocycles. The Hall–Kier alpha value is -6.59. The predicted octanol–water partition coefficient (Wildman–Crippen LogP) is 19.2. The first-order valence-electron chi connectivity index (χ1n) is 29.4. The van der Waals surface area contributed by atoms with Crippen molar-refractivity contribution in [3.8, 4) is 45.2 Å². The zero-order valence-corrected chi connectivity index (χ0v) is 54.1. The molecule has 2 aliphatic rings. The highest BCUT2D eigenvalue weighted by Gasteiger charge is 2.44.